The van der Waals surface area contributed by atoms with Crippen LogP contribution in [0.15, 0.2) is 29.3 Å². The SMILES string of the molecule is CN=C(NCCCCN1CCCC(C)C1)NCc1ccc(COCC(F)(F)F)cc1.I. The topological polar surface area (TPSA) is 48.9 Å². The molecule has 0 aliphatic carbocycles. The molecule has 2 rings (SSSR count). The molecule has 0 bridgehead atoms. The predicted octanol–water partition coefficient (Wildman–Crippen LogP) is 4.56. The number of likely N-dealkylation sites (tertiary alicyclic amines) is 1. The molecule has 0 spiro atoms. The summed E-state index contributed by atoms with van der Waals surface area (Å²) in [5, 5.41) is 6.60. The molecule has 1 saturated heterocycles. The van der Waals surface area contributed by atoms with Gasteiger partial charge in [0.05, 0.1) is 6.61 Å². The van der Waals surface area contributed by atoms with E-state index in [1.807, 2.05) is 12.1 Å². The third-order valence-corrected chi connectivity index (χ3v) is 5.18. The van der Waals surface area contributed by atoms with Gasteiger partial charge in [-0.25, -0.2) is 0 Å². The van der Waals surface area contributed by atoms with Gasteiger partial charge in [-0.1, -0.05) is 31.2 Å². The molecule has 1 fully saturated rings. The summed E-state index contributed by atoms with van der Waals surface area (Å²) in [5.41, 5.74) is 1.74. The maximum atomic E-state index is 12.1. The van der Waals surface area contributed by atoms with Crippen molar-refractivity contribution in [1.29, 1.82) is 0 Å². The number of nitrogens with one attached hydrogen (secondary N) is 2. The van der Waals surface area contributed by atoms with Crippen LogP contribution in [0.5, 0.6) is 0 Å². The fourth-order valence-electron chi connectivity index (χ4n) is 3.60. The maximum Gasteiger partial charge on any atom is 0.411 e. The van der Waals surface area contributed by atoms with E-state index in [1.54, 1.807) is 19.2 Å². The first-order chi connectivity index (χ1) is 14.4. The van der Waals surface area contributed by atoms with Gasteiger partial charge in [-0.2, -0.15) is 13.2 Å². The number of hydrogen-bond acceptors (Lipinski definition) is 3. The van der Waals surface area contributed by atoms with Crippen molar-refractivity contribution in [3.63, 3.8) is 0 Å². The number of rotatable bonds is 10. The molecule has 9 heteroatoms. The first-order valence-electron chi connectivity index (χ1n) is 10.7. The van der Waals surface area contributed by atoms with E-state index >= 15 is 0 Å². The number of nitrogens with zero attached hydrogens (tertiary/aromatic N) is 2. The molecule has 5 nitrogen and oxygen atoms in total. The van der Waals surface area contributed by atoms with E-state index in [0.29, 0.717) is 12.1 Å². The minimum absolute atomic E-state index is 0. The number of aliphatic imine (C=N–C) groups is 1. The molecule has 31 heavy (non-hydrogen) atoms. The molecule has 0 amide bonds. The lowest BCUT2D eigenvalue weighted by molar-refractivity contribution is -0.176. The van der Waals surface area contributed by atoms with Gasteiger partial charge in [0.1, 0.15) is 6.61 Å². The molecule has 0 saturated carbocycles. The van der Waals surface area contributed by atoms with Crippen molar-refractivity contribution in [2.24, 2.45) is 10.9 Å². The quantitative estimate of drug-likeness (QED) is 0.192. The molecular formula is C22H36F3IN4O. The molecule has 0 radical (unpaired) electrons. The van der Waals surface area contributed by atoms with Gasteiger partial charge in [0, 0.05) is 26.7 Å². The lowest BCUT2D eigenvalue weighted by Gasteiger charge is -2.30. The van der Waals surface area contributed by atoms with Crippen LogP contribution in [-0.2, 0) is 17.9 Å². The van der Waals surface area contributed by atoms with Crippen molar-refractivity contribution in [3.8, 4) is 0 Å². The summed E-state index contributed by atoms with van der Waals surface area (Å²) in [5.74, 6) is 1.57. The highest BCUT2D eigenvalue weighted by molar-refractivity contribution is 14.0. The Hall–Kier alpha value is -1.07. The Bertz CT molecular complexity index is 641. The Morgan fingerprint density at radius 1 is 1.16 bits per heavy atom. The van der Waals surface area contributed by atoms with Crippen molar-refractivity contribution in [1.82, 2.24) is 15.5 Å². The van der Waals surface area contributed by atoms with E-state index in [-0.39, 0.29) is 30.6 Å². The molecular weight excluding hydrogens is 520 g/mol. The summed E-state index contributed by atoms with van der Waals surface area (Å²) < 4.78 is 41.0. The lowest BCUT2D eigenvalue weighted by Crippen LogP contribution is -2.38. The summed E-state index contributed by atoms with van der Waals surface area (Å²) in [6.45, 7) is 6.14. The highest BCUT2D eigenvalue weighted by Crippen LogP contribution is 2.16. The lowest BCUT2D eigenvalue weighted by atomic mass is 10.0. The Morgan fingerprint density at radius 2 is 1.87 bits per heavy atom. The van der Waals surface area contributed by atoms with E-state index in [4.69, 9.17) is 0 Å². The van der Waals surface area contributed by atoms with Crippen LogP contribution >= 0.6 is 24.0 Å². The number of piperidine rings is 1. The summed E-state index contributed by atoms with van der Waals surface area (Å²) in [7, 11) is 1.74. The zero-order chi connectivity index (χ0) is 21.8. The van der Waals surface area contributed by atoms with E-state index in [0.717, 1.165) is 37.0 Å². The third-order valence-electron chi connectivity index (χ3n) is 5.18. The number of alkyl halides is 3. The highest BCUT2D eigenvalue weighted by Gasteiger charge is 2.27. The second-order valence-corrected chi connectivity index (χ2v) is 8.03. The van der Waals surface area contributed by atoms with E-state index in [9.17, 15) is 13.2 Å². The standard InChI is InChI=1S/C22H35F3N4O.HI/c1-18-6-5-13-29(15-18)12-4-3-11-27-21(26-2)28-14-19-7-9-20(10-8-19)16-30-17-22(23,24)25;/h7-10,18H,3-6,11-17H2,1-2H3,(H2,26,27,28);1H. The molecule has 1 aromatic carbocycles. The van der Waals surface area contributed by atoms with Gasteiger partial charge >= 0.3 is 6.18 Å². The molecule has 2 N–H and O–H groups in total. The Balaban J connectivity index is 0.00000480. The zero-order valence-electron chi connectivity index (χ0n) is 18.5. The van der Waals surface area contributed by atoms with Gasteiger partial charge in [0.15, 0.2) is 5.96 Å². The molecule has 1 aromatic rings. The summed E-state index contributed by atoms with van der Waals surface area (Å²) in [6, 6.07) is 7.33. The fraction of sp³-hybridized carbons (Fsp3) is 0.682. The van der Waals surface area contributed by atoms with Gasteiger partial charge in [-0.15, -0.1) is 24.0 Å². The fourth-order valence-corrected chi connectivity index (χ4v) is 3.60. The summed E-state index contributed by atoms with van der Waals surface area (Å²) >= 11 is 0. The Labute approximate surface area is 201 Å². The second-order valence-electron chi connectivity index (χ2n) is 8.03. The van der Waals surface area contributed by atoms with E-state index < -0.39 is 12.8 Å². The monoisotopic (exact) mass is 556 g/mol. The molecule has 1 aliphatic heterocycles. The number of unbranched alkanes of at least 4 members (excludes halogenated alkanes) is 1. The molecule has 1 aliphatic rings. The van der Waals surface area contributed by atoms with Gasteiger partial charge in [0.2, 0.25) is 0 Å². The van der Waals surface area contributed by atoms with Crippen LogP contribution in [0.25, 0.3) is 0 Å². The summed E-state index contributed by atoms with van der Waals surface area (Å²) in [6.07, 6.45) is 0.651. The number of guanidine groups is 1. The first kappa shape index (κ1) is 28.0. The largest absolute Gasteiger partial charge is 0.411 e. The third kappa shape index (κ3) is 12.5. The Morgan fingerprint density at radius 3 is 2.52 bits per heavy atom. The Kier molecular flexibility index (Phi) is 13.4. The highest BCUT2D eigenvalue weighted by atomic mass is 127. The number of hydrogen-bond donors (Lipinski definition) is 2. The van der Waals surface area contributed by atoms with Crippen LogP contribution in [-0.4, -0.2) is 56.9 Å². The van der Waals surface area contributed by atoms with Gasteiger partial charge in [0.25, 0.3) is 0 Å². The average Bonchev–Trinajstić information content (AvgIpc) is 2.70. The number of benzene rings is 1. The van der Waals surface area contributed by atoms with E-state index in [2.05, 4.69) is 32.2 Å². The van der Waals surface area contributed by atoms with Crippen LogP contribution in [0.2, 0.25) is 0 Å². The van der Waals surface area contributed by atoms with Gasteiger partial charge < -0.3 is 20.3 Å². The minimum atomic E-state index is -4.29. The predicted molar refractivity (Wildman–Crippen MR) is 130 cm³/mol. The molecule has 1 unspecified atom stereocenters. The maximum absolute atomic E-state index is 12.1. The molecule has 178 valence electrons. The van der Waals surface area contributed by atoms with E-state index in [1.165, 1.54) is 32.4 Å². The van der Waals surface area contributed by atoms with Crippen LogP contribution in [0, 0.1) is 5.92 Å². The zero-order valence-corrected chi connectivity index (χ0v) is 20.8. The van der Waals surface area contributed by atoms with Crippen molar-refractivity contribution >= 4 is 29.9 Å². The number of ether oxygens (including phenoxy) is 1. The van der Waals surface area contributed by atoms with Gasteiger partial charge in [-0.3, -0.25) is 4.99 Å². The van der Waals surface area contributed by atoms with Crippen molar-refractivity contribution < 1.29 is 17.9 Å². The molecule has 0 aromatic heterocycles. The molecule has 1 heterocycles. The molecule has 1 atom stereocenters. The van der Waals surface area contributed by atoms with Crippen molar-refractivity contribution in [3.05, 3.63) is 35.4 Å². The number of halogens is 4. The average molecular weight is 556 g/mol. The smallest absolute Gasteiger partial charge is 0.367 e. The van der Waals surface area contributed by atoms with Crippen molar-refractivity contribution in [2.45, 2.75) is 51.9 Å². The van der Waals surface area contributed by atoms with Crippen LogP contribution in [0.1, 0.15) is 43.7 Å². The van der Waals surface area contributed by atoms with Crippen LogP contribution in [0.4, 0.5) is 13.2 Å². The first-order valence-corrected chi connectivity index (χ1v) is 10.7. The summed E-state index contributed by atoms with van der Waals surface area (Å²) in [4.78, 5) is 6.81. The van der Waals surface area contributed by atoms with Gasteiger partial charge in [-0.05, 0) is 55.8 Å². The second kappa shape index (κ2) is 14.9. The van der Waals surface area contributed by atoms with Crippen LogP contribution < -0.4 is 10.6 Å². The van der Waals surface area contributed by atoms with Crippen LogP contribution in [0.3, 0.4) is 0 Å². The van der Waals surface area contributed by atoms with Crippen molar-refractivity contribution in [2.75, 3.05) is 39.8 Å². The minimum Gasteiger partial charge on any atom is -0.367 e. The normalized spacial score (nSPS) is 17.8.